The van der Waals surface area contributed by atoms with Crippen LogP contribution in [0.1, 0.15) is 46.5 Å². The van der Waals surface area contributed by atoms with E-state index in [-0.39, 0.29) is 17.4 Å². The van der Waals surface area contributed by atoms with Crippen LogP contribution in [-0.4, -0.2) is 18.0 Å². The highest BCUT2D eigenvalue weighted by Crippen LogP contribution is 2.28. The molecule has 3 heteroatoms. The second-order valence-corrected chi connectivity index (χ2v) is 5.66. The van der Waals surface area contributed by atoms with Crippen LogP contribution in [0, 0.1) is 11.8 Å². The summed E-state index contributed by atoms with van der Waals surface area (Å²) in [5.74, 6) is 1.21. The minimum absolute atomic E-state index is 0.195. The van der Waals surface area contributed by atoms with Gasteiger partial charge >= 0.3 is 0 Å². The summed E-state index contributed by atoms with van der Waals surface area (Å²) in [6, 6.07) is 0. The fourth-order valence-electron chi connectivity index (χ4n) is 1.98. The van der Waals surface area contributed by atoms with Crippen LogP contribution in [0.15, 0.2) is 0 Å². The molecule has 3 nitrogen and oxygen atoms in total. The molecule has 1 rings (SSSR count). The van der Waals surface area contributed by atoms with E-state index in [0.29, 0.717) is 6.54 Å². The summed E-state index contributed by atoms with van der Waals surface area (Å²) in [6.07, 6.45) is 4.45. The summed E-state index contributed by atoms with van der Waals surface area (Å²) < 4.78 is 0. The Kier molecular flexibility index (Phi) is 4.14. The molecule has 0 heterocycles. The van der Waals surface area contributed by atoms with Crippen LogP contribution in [0.3, 0.4) is 0 Å². The summed E-state index contributed by atoms with van der Waals surface area (Å²) in [6.45, 7) is 6.68. The largest absolute Gasteiger partial charge is 0.354 e. The molecule has 1 saturated carbocycles. The number of carbonyl (C=O) groups excluding carboxylic acids is 1. The van der Waals surface area contributed by atoms with Crippen molar-refractivity contribution in [3.63, 3.8) is 0 Å². The molecule has 0 saturated heterocycles. The molecule has 1 fully saturated rings. The first-order valence-corrected chi connectivity index (χ1v) is 5.95. The zero-order valence-corrected chi connectivity index (χ0v) is 10.2. The van der Waals surface area contributed by atoms with Crippen LogP contribution in [0.4, 0.5) is 0 Å². The second-order valence-electron chi connectivity index (χ2n) is 5.66. The summed E-state index contributed by atoms with van der Waals surface area (Å²) in [5, 5.41) is 2.94. The number of hydrogen-bond donors (Lipinski definition) is 2. The van der Waals surface area contributed by atoms with E-state index in [0.717, 1.165) is 18.8 Å². The van der Waals surface area contributed by atoms with Crippen molar-refractivity contribution >= 4 is 5.91 Å². The summed E-state index contributed by atoms with van der Waals surface area (Å²) >= 11 is 0. The minimum atomic E-state index is -0.308. The van der Waals surface area contributed by atoms with E-state index in [9.17, 15) is 4.79 Å². The Labute approximate surface area is 92.8 Å². The molecule has 15 heavy (non-hydrogen) atoms. The molecule has 0 aromatic rings. The lowest BCUT2D eigenvalue weighted by molar-refractivity contribution is -0.126. The molecule has 0 bridgehead atoms. The molecular formula is C12H24N2O. The average Bonchev–Trinajstić information content (AvgIpc) is 2.14. The van der Waals surface area contributed by atoms with Gasteiger partial charge in [-0.15, -0.1) is 0 Å². The van der Waals surface area contributed by atoms with Crippen molar-refractivity contribution in [3.8, 4) is 0 Å². The highest BCUT2D eigenvalue weighted by atomic mass is 16.1. The smallest absolute Gasteiger partial charge is 0.223 e. The Hall–Kier alpha value is -0.570. The first-order valence-electron chi connectivity index (χ1n) is 5.95. The third-order valence-corrected chi connectivity index (χ3v) is 3.10. The van der Waals surface area contributed by atoms with E-state index in [1.54, 1.807) is 0 Å². The third-order valence-electron chi connectivity index (χ3n) is 3.10. The number of nitrogens with two attached hydrogens (primary N) is 1. The van der Waals surface area contributed by atoms with Gasteiger partial charge in [0.2, 0.25) is 5.91 Å². The van der Waals surface area contributed by atoms with Gasteiger partial charge < -0.3 is 11.1 Å². The highest BCUT2D eigenvalue weighted by molar-refractivity contribution is 5.78. The molecule has 1 amide bonds. The lowest BCUT2D eigenvalue weighted by Gasteiger charge is -2.27. The summed E-state index contributed by atoms with van der Waals surface area (Å²) in [7, 11) is 0. The molecule has 0 aromatic carbocycles. The molecule has 0 unspecified atom stereocenters. The number of hydrogen-bond acceptors (Lipinski definition) is 2. The second kappa shape index (κ2) is 4.97. The number of nitrogens with one attached hydrogen (secondary N) is 1. The fourth-order valence-corrected chi connectivity index (χ4v) is 1.98. The van der Waals surface area contributed by atoms with Gasteiger partial charge in [0.15, 0.2) is 0 Å². The predicted octanol–water partition coefficient (Wildman–Crippen LogP) is 1.67. The molecule has 1 aliphatic rings. The van der Waals surface area contributed by atoms with Gasteiger partial charge in [-0.2, -0.15) is 0 Å². The van der Waals surface area contributed by atoms with E-state index in [1.165, 1.54) is 12.8 Å². The molecule has 0 aromatic heterocycles. The number of amides is 1. The summed E-state index contributed by atoms with van der Waals surface area (Å²) in [4.78, 5) is 11.8. The van der Waals surface area contributed by atoms with E-state index in [4.69, 9.17) is 5.73 Å². The molecule has 0 atom stereocenters. The predicted molar refractivity (Wildman–Crippen MR) is 62.4 cm³/mol. The molecule has 0 spiro atoms. The van der Waals surface area contributed by atoms with E-state index < -0.39 is 0 Å². The van der Waals surface area contributed by atoms with Crippen molar-refractivity contribution in [1.82, 2.24) is 5.32 Å². The first-order chi connectivity index (χ1) is 6.88. The molecule has 88 valence electrons. The van der Waals surface area contributed by atoms with Crippen LogP contribution in [0.25, 0.3) is 0 Å². The summed E-state index contributed by atoms with van der Waals surface area (Å²) in [5.41, 5.74) is 5.51. The Bertz CT molecular complexity index is 212. The average molecular weight is 212 g/mol. The van der Waals surface area contributed by atoms with Gasteiger partial charge in [-0.3, -0.25) is 4.79 Å². The minimum Gasteiger partial charge on any atom is -0.354 e. The van der Waals surface area contributed by atoms with Crippen molar-refractivity contribution in [2.24, 2.45) is 17.6 Å². The lowest BCUT2D eigenvalue weighted by Crippen LogP contribution is -2.46. The van der Waals surface area contributed by atoms with Gasteiger partial charge in [0, 0.05) is 18.0 Å². The maximum atomic E-state index is 11.8. The van der Waals surface area contributed by atoms with Crippen molar-refractivity contribution in [1.29, 1.82) is 0 Å². The standard InChI is InChI=1S/C12H24N2O/c1-9-4-6-10(7-5-9)11(15)14-8-12(2,3)13/h9-10H,4-8,13H2,1-3H3,(H,14,15)/t9-,10+. The monoisotopic (exact) mass is 212 g/mol. The van der Waals surface area contributed by atoms with E-state index >= 15 is 0 Å². The van der Waals surface area contributed by atoms with Crippen molar-refractivity contribution in [3.05, 3.63) is 0 Å². The zero-order chi connectivity index (χ0) is 11.5. The molecular weight excluding hydrogens is 188 g/mol. The SMILES string of the molecule is CC(C)(N)CNC(=O)[C@H]1CC[C@@H](C)CC1. The highest BCUT2D eigenvalue weighted by Gasteiger charge is 2.24. The van der Waals surface area contributed by atoms with E-state index in [1.807, 2.05) is 13.8 Å². The van der Waals surface area contributed by atoms with Crippen LogP contribution in [-0.2, 0) is 4.79 Å². The zero-order valence-electron chi connectivity index (χ0n) is 10.2. The quantitative estimate of drug-likeness (QED) is 0.747. The molecule has 0 aliphatic heterocycles. The van der Waals surface area contributed by atoms with E-state index in [2.05, 4.69) is 12.2 Å². The normalized spacial score (nSPS) is 27.5. The van der Waals surface area contributed by atoms with Gasteiger partial charge in [-0.1, -0.05) is 6.92 Å². The Morgan fingerprint density at radius 2 is 1.87 bits per heavy atom. The maximum Gasteiger partial charge on any atom is 0.223 e. The fraction of sp³-hybridized carbons (Fsp3) is 0.917. The van der Waals surface area contributed by atoms with Gasteiger partial charge in [0.1, 0.15) is 0 Å². The maximum absolute atomic E-state index is 11.8. The van der Waals surface area contributed by atoms with Gasteiger partial charge in [0.05, 0.1) is 0 Å². The molecule has 3 N–H and O–H groups in total. The van der Waals surface area contributed by atoms with Crippen LogP contribution >= 0.6 is 0 Å². The number of carbonyl (C=O) groups is 1. The van der Waals surface area contributed by atoms with Gasteiger partial charge in [-0.05, 0) is 45.4 Å². The van der Waals surface area contributed by atoms with Crippen molar-refractivity contribution < 1.29 is 4.79 Å². The Balaban J connectivity index is 2.29. The van der Waals surface area contributed by atoms with Gasteiger partial charge in [-0.25, -0.2) is 0 Å². The van der Waals surface area contributed by atoms with Crippen LogP contribution in [0.5, 0.6) is 0 Å². The Morgan fingerprint density at radius 3 is 2.33 bits per heavy atom. The van der Waals surface area contributed by atoms with Crippen molar-refractivity contribution in [2.45, 2.75) is 52.0 Å². The lowest BCUT2D eigenvalue weighted by atomic mass is 9.82. The molecule has 1 aliphatic carbocycles. The topological polar surface area (TPSA) is 55.1 Å². The Morgan fingerprint density at radius 1 is 1.33 bits per heavy atom. The number of rotatable bonds is 3. The van der Waals surface area contributed by atoms with Crippen LogP contribution < -0.4 is 11.1 Å². The first kappa shape index (κ1) is 12.5. The third kappa shape index (κ3) is 4.65. The van der Waals surface area contributed by atoms with Gasteiger partial charge in [0.25, 0.3) is 0 Å². The molecule has 0 radical (unpaired) electrons. The van der Waals surface area contributed by atoms with Crippen LogP contribution in [0.2, 0.25) is 0 Å². The van der Waals surface area contributed by atoms with Crippen molar-refractivity contribution in [2.75, 3.05) is 6.54 Å².